The zero-order valence-electron chi connectivity index (χ0n) is 9.68. The minimum atomic E-state index is 0.792. The van der Waals surface area contributed by atoms with Crippen molar-refractivity contribution in [2.24, 2.45) is 5.10 Å². The van der Waals surface area contributed by atoms with Gasteiger partial charge in [-0.05, 0) is 26.3 Å². The summed E-state index contributed by atoms with van der Waals surface area (Å²) in [6.45, 7) is 5.83. The van der Waals surface area contributed by atoms with Crippen molar-refractivity contribution in [3.05, 3.63) is 47.0 Å². The van der Waals surface area contributed by atoms with Crippen LogP contribution >= 0.6 is 0 Å². The van der Waals surface area contributed by atoms with E-state index in [0.29, 0.717) is 0 Å². The molecule has 0 fully saturated rings. The molecule has 82 valence electrons. The van der Waals surface area contributed by atoms with Gasteiger partial charge >= 0.3 is 0 Å². The molecule has 0 aliphatic carbocycles. The van der Waals surface area contributed by atoms with Crippen molar-refractivity contribution in [3.63, 3.8) is 0 Å². The third-order valence-corrected chi connectivity index (χ3v) is 2.35. The van der Waals surface area contributed by atoms with Gasteiger partial charge in [0.25, 0.3) is 0 Å². The highest BCUT2D eigenvalue weighted by atomic mass is 15.4. The first-order valence-electron chi connectivity index (χ1n) is 5.16. The van der Waals surface area contributed by atoms with Crippen molar-refractivity contribution in [2.45, 2.75) is 20.8 Å². The molecular formula is C12H14N4. The van der Waals surface area contributed by atoms with Gasteiger partial charge in [-0.25, -0.2) is 4.68 Å². The molecule has 4 nitrogen and oxygen atoms in total. The van der Waals surface area contributed by atoms with Gasteiger partial charge in [-0.15, -0.1) is 10.2 Å². The van der Waals surface area contributed by atoms with Crippen molar-refractivity contribution < 1.29 is 0 Å². The van der Waals surface area contributed by atoms with E-state index in [1.807, 2.05) is 32.2 Å². The second kappa shape index (κ2) is 4.26. The highest BCUT2D eigenvalue weighted by molar-refractivity contribution is 5.79. The molecule has 1 aromatic heterocycles. The molecule has 0 unspecified atom stereocenters. The van der Waals surface area contributed by atoms with E-state index in [0.717, 1.165) is 17.2 Å². The minimum absolute atomic E-state index is 0.792. The van der Waals surface area contributed by atoms with Gasteiger partial charge in [0.05, 0.1) is 6.21 Å². The van der Waals surface area contributed by atoms with Crippen molar-refractivity contribution in [1.82, 2.24) is 14.9 Å². The molecule has 2 aromatic rings. The SMILES string of the molecule is Cc1ccc(/C=N\n2c(C)nnc2C)cc1. The summed E-state index contributed by atoms with van der Waals surface area (Å²) in [5, 5.41) is 12.2. The Balaban J connectivity index is 2.24. The minimum Gasteiger partial charge on any atom is -0.202 e. The van der Waals surface area contributed by atoms with Gasteiger partial charge in [-0.2, -0.15) is 5.10 Å². The first-order valence-corrected chi connectivity index (χ1v) is 5.16. The largest absolute Gasteiger partial charge is 0.202 e. The standard InChI is InChI=1S/C12H14N4/c1-9-4-6-12(7-5-9)8-13-16-10(2)14-15-11(16)3/h4-8H,1-3H3/b13-8-. The maximum atomic E-state index is 4.33. The topological polar surface area (TPSA) is 43.1 Å². The Morgan fingerprint density at radius 1 is 1.00 bits per heavy atom. The van der Waals surface area contributed by atoms with E-state index in [1.165, 1.54) is 5.56 Å². The molecule has 1 heterocycles. The molecular weight excluding hydrogens is 200 g/mol. The van der Waals surface area contributed by atoms with E-state index in [4.69, 9.17) is 0 Å². The lowest BCUT2D eigenvalue weighted by Gasteiger charge is -1.97. The van der Waals surface area contributed by atoms with Crippen LogP contribution in [0.1, 0.15) is 22.8 Å². The summed E-state index contributed by atoms with van der Waals surface area (Å²) < 4.78 is 1.72. The second-order valence-corrected chi connectivity index (χ2v) is 3.76. The predicted molar refractivity (Wildman–Crippen MR) is 63.7 cm³/mol. The lowest BCUT2D eigenvalue weighted by atomic mass is 10.2. The number of hydrogen-bond donors (Lipinski definition) is 0. The molecule has 0 spiro atoms. The van der Waals surface area contributed by atoms with Gasteiger partial charge in [0, 0.05) is 0 Å². The van der Waals surface area contributed by atoms with Crippen LogP contribution in [0.4, 0.5) is 0 Å². The van der Waals surface area contributed by atoms with Gasteiger partial charge in [0.1, 0.15) is 0 Å². The Labute approximate surface area is 94.6 Å². The van der Waals surface area contributed by atoms with Crippen LogP contribution in [0.5, 0.6) is 0 Å². The molecule has 0 atom stereocenters. The number of benzene rings is 1. The predicted octanol–water partition coefficient (Wildman–Crippen LogP) is 2.09. The molecule has 4 heteroatoms. The monoisotopic (exact) mass is 214 g/mol. The zero-order valence-corrected chi connectivity index (χ0v) is 9.68. The van der Waals surface area contributed by atoms with Crippen LogP contribution in [0.2, 0.25) is 0 Å². The van der Waals surface area contributed by atoms with Gasteiger partial charge in [0.15, 0.2) is 11.6 Å². The van der Waals surface area contributed by atoms with E-state index < -0.39 is 0 Å². The average Bonchev–Trinajstić information content (AvgIpc) is 2.59. The zero-order chi connectivity index (χ0) is 11.5. The van der Waals surface area contributed by atoms with E-state index in [1.54, 1.807) is 4.68 Å². The summed E-state index contributed by atoms with van der Waals surface area (Å²) in [5.74, 6) is 1.58. The summed E-state index contributed by atoms with van der Waals surface area (Å²) in [4.78, 5) is 0. The normalized spacial score (nSPS) is 11.2. The Morgan fingerprint density at radius 2 is 1.56 bits per heavy atom. The van der Waals surface area contributed by atoms with Gasteiger partial charge < -0.3 is 0 Å². The molecule has 0 bridgehead atoms. The quantitative estimate of drug-likeness (QED) is 0.718. The highest BCUT2D eigenvalue weighted by Gasteiger charge is 2.00. The number of aromatic nitrogens is 3. The molecule has 2 rings (SSSR count). The Bertz CT molecular complexity index is 489. The molecule has 16 heavy (non-hydrogen) atoms. The summed E-state index contributed by atoms with van der Waals surface area (Å²) >= 11 is 0. The number of hydrogen-bond acceptors (Lipinski definition) is 3. The maximum Gasteiger partial charge on any atom is 0.151 e. The summed E-state index contributed by atoms with van der Waals surface area (Å²) in [7, 11) is 0. The van der Waals surface area contributed by atoms with Crippen LogP contribution in [0, 0.1) is 20.8 Å². The fraction of sp³-hybridized carbons (Fsp3) is 0.250. The lowest BCUT2D eigenvalue weighted by molar-refractivity contribution is 0.799. The van der Waals surface area contributed by atoms with Crippen LogP contribution in [-0.2, 0) is 0 Å². The number of aryl methyl sites for hydroxylation is 3. The first kappa shape index (κ1) is 10.5. The van der Waals surface area contributed by atoms with Crippen LogP contribution in [0.25, 0.3) is 0 Å². The molecule has 0 amide bonds. The Morgan fingerprint density at radius 3 is 2.12 bits per heavy atom. The summed E-state index contributed by atoms with van der Waals surface area (Å²) in [6, 6.07) is 8.20. The molecule has 1 aromatic carbocycles. The van der Waals surface area contributed by atoms with Gasteiger partial charge in [-0.3, -0.25) is 0 Å². The molecule has 0 saturated heterocycles. The van der Waals surface area contributed by atoms with Crippen LogP contribution in [0.3, 0.4) is 0 Å². The molecule has 0 aliphatic heterocycles. The molecule has 0 N–H and O–H groups in total. The Hall–Kier alpha value is -1.97. The Kier molecular flexibility index (Phi) is 2.81. The van der Waals surface area contributed by atoms with Crippen LogP contribution < -0.4 is 0 Å². The fourth-order valence-corrected chi connectivity index (χ4v) is 1.41. The molecule has 0 saturated carbocycles. The average molecular weight is 214 g/mol. The van der Waals surface area contributed by atoms with Crippen molar-refractivity contribution in [2.75, 3.05) is 0 Å². The van der Waals surface area contributed by atoms with E-state index in [-0.39, 0.29) is 0 Å². The van der Waals surface area contributed by atoms with Crippen LogP contribution in [0.15, 0.2) is 29.4 Å². The van der Waals surface area contributed by atoms with E-state index in [2.05, 4.69) is 34.4 Å². The van der Waals surface area contributed by atoms with Crippen molar-refractivity contribution >= 4 is 6.21 Å². The van der Waals surface area contributed by atoms with Crippen molar-refractivity contribution in [1.29, 1.82) is 0 Å². The van der Waals surface area contributed by atoms with Gasteiger partial charge in [0.2, 0.25) is 0 Å². The van der Waals surface area contributed by atoms with Crippen molar-refractivity contribution in [3.8, 4) is 0 Å². The maximum absolute atomic E-state index is 4.33. The van der Waals surface area contributed by atoms with Crippen LogP contribution in [-0.4, -0.2) is 21.1 Å². The highest BCUT2D eigenvalue weighted by Crippen LogP contribution is 2.02. The number of nitrogens with zero attached hydrogens (tertiary/aromatic N) is 4. The first-order chi connectivity index (χ1) is 7.66. The summed E-state index contributed by atoms with van der Waals surface area (Å²) in [5.41, 5.74) is 2.31. The third kappa shape index (κ3) is 2.16. The fourth-order valence-electron chi connectivity index (χ4n) is 1.41. The smallest absolute Gasteiger partial charge is 0.151 e. The lowest BCUT2D eigenvalue weighted by Crippen LogP contribution is -1.96. The van der Waals surface area contributed by atoms with E-state index in [9.17, 15) is 0 Å². The third-order valence-electron chi connectivity index (χ3n) is 2.35. The molecule has 0 aliphatic rings. The summed E-state index contributed by atoms with van der Waals surface area (Å²) in [6.07, 6.45) is 1.81. The molecule has 0 radical (unpaired) electrons. The van der Waals surface area contributed by atoms with E-state index >= 15 is 0 Å². The second-order valence-electron chi connectivity index (χ2n) is 3.76. The van der Waals surface area contributed by atoms with Gasteiger partial charge in [-0.1, -0.05) is 29.8 Å². The number of rotatable bonds is 2.